The normalized spacial score (nSPS) is 11.1. The molecule has 5 aromatic carbocycles. The van der Waals surface area contributed by atoms with Gasteiger partial charge in [0.25, 0.3) is 0 Å². The summed E-state index contributed by atoms with van der Waals surface area (Å²) in [6, 6.07) is 40.8. The molecule has 0 spiro atoms. The summed E-state index contributed by atoms with van der Waals surface area (Å²) in [5.74, 6) is 1.64. The highest BCUT2D eigenvalue weighted by atomic mass is 16.5. The third-order valence-electron chi connectivity index (χ3n) is 6.93. The largest absolute Gasteiger partial charge is 0.491 e. The lowest BCUT2D eigenvalue weighted by Crippen LogP contribution is -2.26. The highest BCUT2D eigenvalue weighted by molar-refractivity contribution is 5.88. The van der Waals surface area contributed by atoms with E-state index in [-0.39, 0.29) is 5.91 Å². The quantitative estimate of drug-likeness (QED) is 0.232. The molecule has 5 heteroatoms. The van der Waals surface area contributed by atoms with E-state index in [0.29, 0.717) is 26.1 Å². The van der Waals surface area contributed by atoms with E-state index in [2.05, 4.69) is 58.4 Å². The zero-order chi connectivity index (χ0) is 26.4. The fraction of sp³-hybridized carbons (Fsp3) is 0.118. The van der Waals surface area contributed by atoms with Crippen LogP contribution in [0.1, 0.15) is 11.4 Å². The van der Waals surface area contributed by atoms with Crippen LogP contribution in [-0.2, 0) is 24.3 Å². The van der Waals surface area contributed by atoms with E-state index in [1.165, 1.54) is 0 Å². The number of para-hydroxylation sites is 2. The van der Waals surface area contributed by atoms with Crippen molar-refractivity contribution in [3.05, 3.63) is 133 Å². The first-order valence-electron chi connectivity index (χ1n) is 13.2. The number of ether oxygens (including phenoxy) is 1. The molecule has 0 aliphatic rings. The Hall–Kier alpha value is -4.90. The molecule has 1 amide bonds. The first-order valence-corrected chi connectivity index (χ1v) is 13.2. The first kappa shape index (κ1) is 24.4. The topological polar surface area (TPSA) is 56.2 Å². The molecule has 39 heavy (non-hydrogen) atoms. The van der Waals surface area contributed by atoms with Crippen LogP contribution < -0.4 is 10.1 Å². The van der Waals surface area contributed by atoms with Crippen LogP contribution in [0, 0.1) is 0 Å². The van der Waals surface area contributed by atoms with Gasteiger partial charge in [0, 0.05) is 5.39 Å². The van der Waals surface area contributed by atoms with Crippen LogP contribution in [0.3, 0.4) is 0 Å². The average molecular weight is 512 g/mol. The Morgan fingerprint density at radius 1 is 0.744 bits per heavy atom. The molecule has 0 atom stereocenters. The fourth-order valence-electron chi connectivity index (χ4n) is 4.95. The van der Waals surface area contributed by atoms with Crippen molar-refractivity contribution >= 4 is 27.7 Å². The lowest BCUT2D eigenvalue weighted by molar-refractivity contribution is -0.120. The van der Waals surface area contributed by atoms with Crippen molar-refractivity contribution in [2.45, 2.75) is 19.5 Å². The predicted molar refractivity (Wildman–Crippen MR) is 157 cm³/mol. The molecule has 0 radical (unpaired) electrons. The van der Waals surface area contributed by atoms with Gasteiger partial charge in [0.2, 0.25) is 5.91 Å². The van der Waals surface area contributed by atoms with Crippen LogP contribution in [0.25, 0.3) is 32.9 Å². The number of fused-ring (bicyclic) bond motifs is 2. The van der Waals surface area contributed by atoms with Gasteiger partial charge in [0.05, 0.1) is 30.5 Å². The molecule has 0 unspecified atom stereocenters. The van der Waals surface area contributed by atoms with Crippen LogP contribution in [0.5, 0.6) is 5.75 Å². The number of carbonyl (C=O) groups is 1. The summed E-state index contributed by atoms with van der Waals surface area (Å²) in [5, 5.41) is 5.32. The van der Waals surface area contributed by atoms with Crippen molar-refractivity contribution in [3.63, 3.8) is 0 Å². The maximum Gasteiger partial charge on any atom is 0.224 e. The molecule has 1 N–H and O–H groups in total. The van der Waals surface area contributed by atoms with Gasteiger partial charge < -0.3 is 14.6 Å². The molecule has 0 fully saturated rings. The molecule has 0 aliphatic carbocycles. The summed E-state index contributed by atoms with van der Waals surface area (Å²) < 4.78 is 8.34. The lowest BCUT2D eigenvalue weighted by atomic mass is 10.0. The number of imidazole rings is 1. The molecule has 6 aromatic rings. The standard InChI is InChI=1S/C34H29N3O2/c38-34(23-25-17-19-27(20-18-25)26-9-2-1-3-10-26)35-24-33-36-30-14-6-7-15-31(30)37(33)21-22-39-32-16-8-12-28-11-4-5-13-29(28)32/h1-20H,21-24H2,(H,35,38). The second kappa shape index (κ2) is 11.2. The van der Waals surface area contributed by atoms with Crippen LogP contribution in [0.2, 0.25) is 0 Å². The van der Waals surface area contributed by atoms with Gasteiger partial charge in [-0.2, -0.15) is 0 Å². The Labute approximate surface area is 227 Å². The van der Waals surface area contributed by atoms with Crippen molar-refractivity contribution < 1.29 is 9.53 Å². The van der Waals surface area contributed by atoms with Crippen molar-refractivity contribution in [2.75, 3.05) is 6.61 Å². The molecule has 0 aliphatic heterocycles. The highest BCUT2D eigenvalue weighted by Crippen LogP contribution is 2.25. The Bertz CT molecular complexity index is 1720. The molecule has 6 rings (SSSR count). The molecular weight excluding hydrogens is 482 g/mol. The molecule has 0 saturated heterocycles. The summed E-state index contributed by atoms with van der Waals surface area (Å²) in [5.41, 5.74) is 5.21. The third-order valence-corrected chi connectivity index (χ3v) is 6.93. The predicted octanol–water partition coefficient (Wildman–Crippen LogP) is 6.79. The second-order valence-electron chi connectivity index (χ2n) is 9.51. The molecular formula is C34H29N3O2. The Morgan fingerprint density at radius 2 is 1.46 bits per heavy atom. The lowest BCUT2D eigenvalue weighted by Gasteiger charge is -2.13. The van der Waals surface area contributed by atoms with Gasteiger partial charge in [0.15, 0.2) is 0 Å². The van der Waals surface area contributed by atoms with Gasteiger partial charge in [-0.1, -0.05) is 103 Å². The molecule has 5 nitrogen and oxygen atoms in total. The van der Waals surface area contributed by atoms with Crippen molar-refractivity contribution in [1.82, 2.24) is 14.9 Å². The Balaban J connectivity index is 1.11. The minimum absolute atomic E-state index is 0.0342. The van der Waals surface area contributed by atoms with Crippen LogP contribution in [0.15, 0.2) is 121 Å². The van der Waals surface area contributed by atoms with Crippen molar-refractivity contribution in [2.24, 2.45) is 0 Å². The number of aromatic nitrogens is 2. The van der Waals surface area contributed by atoms with Gasteiger partial charge in [-0.05, 0) is 40.3 Å². The fourth-order valence-corrected chi connectivity index (χ4v) is 4.95. The molecule has 1 heterocycles. The molecule has 1 aromatic heterocycles. The number of amides is 1. The van der Waals surface area contributed by atoms with E-state index in [1.807, 2.05) is 72.8 Å². The number of hydrogen-bond donors (Lipinski definition) is 1. The molecule has 192 valence electrons. The van der Waals surface area contributed by atoms with Crippen LogP contribution in [-0.4, -0.2) is 22.1 Å². The SMILES string of the molecule is O=C(Cc1ccc(-c2ccccc2)cc1)NCc1nc2ccccc2n1CCOc1cccc2ccccc12. The minimum Gasteiger partial charge on any atom is -0.491 e. The maximum atomic E-state index is 12.8. The number of nitrogens with one attached hydrogen (secondary N) is 1. The summed E-state index contributed by atoms with van der Waals surface area (Å²) in [6.45, 7) is 1.46. The van der Waals surface area contributed by atoms with E-state index in [1.54, 1.807) is 0 Å². The number of nitrogens with zero attached hydrogens (tertiary/aromatic N) is 2. The summed E-state index contributed by atoms with van der Waals surface area (Å²) >= 11 is 0. The number of benzene rings is 5. The van der Waals surface area contributed by atoms with Gasteiger partial charge in [-0.25, -0.2) is 4.98 Å². The smallest absolute Gasteiger partial charge is 0.224 e. The van der Waals surface area contributed by atoms with Crippen molar-refractivity contribution in [1.29, 1.82) is 0 Å². The number of carbonyl (C=O) groups excluding carboxylic acids is 1. The summed E-state index contributed by atoms with van der Waals surface area (Å²) in [4.78, 5) is 17.6. The summed E-state index contributed by atoms with van der Waals surface area (Å²) in [6.07, 6.45) is 0.319. The zero-order valence-electron chi connectivity index (χ0n) is 21.6. The average Bonchev–Trinajstić information content (AvgIpc) is 3.34. The van der Waals surface area contributed by atoms with E-state index >= 15 is 0 Å². The van der Waals surface area contributed by atoms with Gasteiger partial charge >= 0.3 is 0 Å². The van der Waals surface area contributed by atoms with Crippen molar-refractivity contribution in [3.8, 4) is 16.9 Å². The Morgan fingerprint density at radius 3 is 2.33 bits per heavy atom. The Kier molecular flexibility index (Phi) is 7.04. The number of rotatable bonds is 9. The van der Waals surface area contributed by atoms with Gasteiger partial charge in [-0.15, -0.1) is 0 Å². The van der Waals surface area contributed by atoms with Crippen LogP contribution >= 0.6 is 0 Å². The highest BCUT2D eigenvalue weighted by Gasteiger charge is 2.13. The van der Waals surface area contributed by atoms with E-state index in [4.69, 9.17) is 9.72 Å². The van der Waals surface area contributed by atoms with Crippen LogP contribution in [0.4, 0.5) is 0 Å². The van der Waals surface area contributed by atoms with Gasteiger partial charge in [0.1, 0.15) is 18.2 Å². The zero-order valence-corrected chi connectivity index (χ0v) is 21.6. The maximum absolute atomic E-state index is 12.8. The van der Waals surface area contributed by atoms with Gasteiger partial charge in [-0.3, -0.25) is 4.79 Å². The van der Waals surface area contributed by atoms with E-state index in [0.717, 1.165) is 50.1 Å². The monoisotopic (exact) mass is 511 g/mol. The molecule has 0 bridgehead atoms. The first-order chi connectivity index (χ1) is 19.2. The number of hydrogen-bond acceptors (Lipinski definition) is 3. The minimum atomic E-state index is -0.0342. The van der Waals surface area contributed by atoms with E-state index in [9.17, 15) is 4.79 Å². The molecule has 0 saturated carbocycles. The van der Waals surface area contributed by atoms with E-state index < -0.39 is 0 Å². The second-order valence-corrected chi connectivity index (χ2v) is 9.51. The third kappa shape index (κ3) is 5.53. The summed E-state index contributed by atoms with van der Waals surface area (Å²) in [7, 11) is 0.